The maximum atomic E-state index is 12.5. The fourth-order valence-corrected chi connectivity index (χ4v) is 3.58. The van der Waals surface area contributed by atoms with E-state index in [1.54, 1.807) is 40.0 Å². The number of anilines is 2. The van der Waals surface area contributed by atoms with Crippen molar-refractivity contribution in [3.05, 3.63) is 47.5 Å². The van der Waals surface area contributed by atoms with Crippen LogP contribution in [0.3, 0.4) is 0 Å². The van der Waals surface area contributed by atoms with Gasteiger partial charge >= 0.3 is 12.2 Å². The molecule has 0 radical (unpaired) electrons. The largest absolute Gasteiger partial charge is 0.444 e. The van der Waals surface area contributed by atoms with Gasteiger partial charge in [0.25, 0.3) is 0 Å². The van der Waals surface area contributed by atoms with Gasteiger partial charge < -0.3 is 14.3 Å². The molecular formula is C25H30N2O5. The zero-order valence-electron chi connectivity index (χ0n) is 19.6. The first-order valence-electron chi connectivity index (χ1n) is 10.5. The molecule has 3 rings (SSSR count). The van der Waals surface area contributed by atoms with Gasteiger partial charge in [0.2, 0.25) is 0 Å². The number of benzene rings is 2. The van der Waals surface area contributed by atoms with Gasteiger partial charge in [-0.05, 0) is 88.1 Å². The van der Waals surface area contributed by atoms with Gasteiger partial charge in [-0.1, -0.05) is 12.1 Å². The highest BCUT2D eigenvalue weighted by molar-refractivity contribution is 5.94. The molecule has 1 aliphatic carbocycles. The molecule has 0 aromatic heterocycles. The number of ether oxygens (including phenoxy) is 2. The molecule has 0 aliphatic heterocycles. The Morgan fingerprint density at radius 2 is 1.47 bits per heavy atom. The summed E-state index contributed by atoms with van der Waals surface area (Å²) >= 11 is 0. The number of carbonyl (C=O) groups is 3. The van der Waals surface area contributed by atoms with Crippen LogP contribution in [0.15, 0.2) is 36.4 Å². The Morgan fingerprint density at radius 3 is 2.03 bits per heavy atom. The van der Waals surface area contributed by atoms with Gasteiger partial charge in [0, 0.05) is 18.4 Å². The van der Waals surface area contributed by atoms with Gasteiger partial charge in [-0.3, -0.25) is 10.2 Å². The Balaban J connectivity index is 1.89. The number of nitrogens with one attached hydrogen (secondary N) is 1. The molecule has 0 bridgehead atoms. The van der Waals surface area contributed by atoms with E-state index in [9.17, 15) is 14.4 Å². The molecule has 0 fully saturated rings. The van der Waals surface area contributed by atoms with Crippen molar-refractivity contribution in [1.29, 1.82) is 0 Å². The predicted octanol–water partition coefficient (Wildman–Crippen LogP) is 5.72. The number of amides is 2. The molecule has 0 saturated carbocycles. The van der Waals surface area contributed by atoms with Crippen LogP contribution in [0, 0.1) is 0 Å². The summed E-state index contributed by atoms with van der Waals surface area (Å²) in [5.41, 5.74) is 3.38. The molecule has 0 heterocycles. The van der Waals surface area contributed by atoms with E-state index in [1.807, 2.05) is 45.0 Å². The van der Waals surface area contributed by atoms with Crippen molar-refractivity contribution < 1.29 is 23.9 Å². The predicted molar refractivity (Wildman–Crippen MR) is 124 cm³/mol. The minimum absolute atomic E-state index is 0.473. The molecule has 7 nitrogen and oxygen atoms in total. The molecule has 0 saturated heterocycles. The number of hydrogen-bond donors (Lipinski definition) is 1. The van der Waals surface area contributed by atoms with Crippen molar-refractivity contribution in [3.8, 4) is 11.1 Å². The number of carbonyl (C=O) groups excluding carboxylic acids is 3. The van der Waals surface area contributed by atoms with E-state index in [4.69, 9.17) is 9.47 Å². The highest BCUT2D eigenvalue weighted by atomic mass is 16.6. The molecular weight excluding hydrogens is 408 g/mol. The average molecular weight is 439 g/mol. The minimum atomic E-state index is -0.612. The second kappa shape index (κ2) is 8.30. The Kier molecular flexibility index (Phi) is 6.05. The van der Waals surface area contributed by atoms with Crippen LogP contribution >= 0.6 is 0 Å². The topological polar surface area (TPSA) is 84.9 Å². The highest BCUT2D eigenvalue weighted by Crippen LogP contribution is 2.46. The van der Waals surface area contributed by atoms with Crippen molar-refractivity contribution >= 4 is 29.8 Å². The fraction of sp³-hybridized carbons (Fsp3) is 0.400. The fourth-order valence-electron chi connectivity index (χ4n) is 3.58. The van der Waals surface area contributed by atoms with Crippen molar-refractivity contribution in [2.75, 3.05) is 17.3 Å². The summed E-state index contributed by atoms with van der Waals surface area (Å²) < 4.78 is 10.7. The summed E-state index contributed by atoms with van der Waals surface area (Å²) in [6.07, 6.45) is -0.157. The molecule has 170 valence electrons. The van der Waals surface area contributed by atoms with Crippen LogP contribution in [0.5, 0.6) is 0 Å². The van der Waals surface area contributed by atoms with Crippen LogP contribution < -0.4 is 10.2 Å². The first-order valence-corrected chi connectivity index (χ1v) is 10.5. The summed E-state index contributed by atoms with van der Waals surface area (Å²) in [5, 5.41) is 2.72. The SMILES string of the molecule is CN(C(=O)OC(C)(C)C)c1ccc2c(c1)C(C=O)c1cc(NC(=O)OC(C)(C)C)ccc1-2. The maximum Gasteiger partial charge on any atom is 0.414 e. The number of aldehydes is 1. The van der Waals surface area contributed by atoms with Crippen LogP contribution in [-0.2, 0) is 14.3 Å². The van der Waals surface area contributed by atoms with Gasteiger partial charge in [0.15, 0.2) is 0 Å². The summed E-state index contributed by atoms with van der Waals surface area (Å²) in [6.45, 7) is 10.8. The van der Waals surface area contributed by atoms with E-state index in [0.717, 1.165) is 28.5 Å². The standard InChI is InChI=1S/C25H30N2O5/c1-24(2,3)31-22(29)26-15-8-10-17-18-11-9-16(27(7)23(30)32-25(4,5)6)13-20(18)21(14-28)19(17)12-15/h8-14,21H,1-7H3,(H,26,29). The zero-order valence-corrected chi connectivity index (χ0v) is 19.6. The maximum absolute atomic E-state index is 12.5. The second-order valence-electron chi connectivity index (χ2n) is 9.85. The molecule has 2 amide bonds. The van der Waals surface area contributed by atoms with E-state index in [-0.39, 0.29) is 0 Å². The lowest BCUT2D eigenvalue weighted by Crippen LogP contribution is -2.34. The normalized spacial score (nSPS) is 14.8. The van der Waals surface area contributed by atoms with Crippen LogP contribution in [-0.4, -0.2) is 36.7 Å². The molecule has 7 heteroatoms. The lowest BCUT2D eigenvalue weighted by Gasteiger charge is -2.25. The van der Waals surface area contributed by atoms with E-state index in [0.29, 0.717) is 11.4 Å². The lowest BCUT2D eigenvalue weighted by atomic mass is 9.98. The molecule has 1 aliphatic rings. The molecule has 1 atom stereocenters. The molecule has 32 heavy (non-hydrogen) atoms. The summed E-state index contributed by atoms with van der Waals surface area (Å²) in [6, 6.07) is 11.0. The molecule has 1 unspecified atom stereocenters. The van der Waals surface area contributed by atoms with E-state index < -0.39 is 29.3 Å². The third-order valence-corrected chi connectivity index (χ3v) is 4.88. The summed E-state index contributed by atoms with van der Waals surface area (Å²) in [7, 11) is 1.64. The van der Waals surface area contributed by atoms with E-state index in [1.165, 1.54) is 4.90 Å². The van der Waals surface area contributed by atoms with Crippen LogP contribution in [0.25, 0.3) is 11.1 Å². The van der Waals surface area contributed by atoms with Crippen molar-refractivity contribution in [3.63, 3.8) is 0 Å². The quantitative estimate of drug-likeness (QED) is 0.620. The van der Waals surface area contributed by atoms with Crippen molar-refractivity contribution in [2.24, 2.45) is 0 Å². The number of fused-ring (bicyclic) bond motifs is 3. The van der Waals surface area contributed by atoms with Crippen molar-refractivity contribution in [2.45, 2.75) is 58.7 Å². The Bertz CT molecular complexity index is 1060. The highest BCUT2D eigenvalue weighted by Gasteiger charge is 2.30. The molecule has 1 N–H and O–H groups in total. The Hall–Kier alpha value is -3.35. The van der Waals surface area contributed by atoms with Crippen LogP contribution in [0.2, 0.25) is 0 Å². The minimum Gasteiger partial charge on any atom is -0.444 e. The van der Waals surface area contributed by atoms with E-state index in [2.05, 4.69) is 5.32 Å². The smallest absolute Gasteiger partial charge is 0.414 e. The lowest BCUT2D eigenvalue weighted by molar-refractivity contribution is -0.108. The summed E-state index contributed by atoms with van der Waals surface area (Å²) in [4.78, 5) is 38.0. The first-order chi connectivity index (χ1) is 14.8. The van der Waals surface area contributed by atoms with Gasteiger partial charge in [-0.2, -0.15) is 0 Å². The van der Waals surface area contributed by atoms with Gasteiger partial charge in [-0.15, -0.1) is 0 Å². The number of nitrogens with zero attached hydrogens (tertiary/aromatic N) is 1. The number of hydrogen-bond acceptors (Lipinski definition) is 5. The molecule has 2 aromatic rings. The second-order valence-corrected chi connectivity index (χ2v) is 9.85. The zero-order chi connectivity index (χ0) is 23.8. The van der Waals surface area contributed by atoms with Gasteiger partial charge in [-0.25, -0.2) is 9.59 Å². The Labute approximate surface area is 188 Å². The van der Waals surface area contributed by atoms with Gasteiger partial charge in [0.1, 0.15) is 17.5 Å². The number of rotatable bonds is 3. The molecule has 0 spiro atoms. The van der Waals surface area contributed by atoms with Crippen LogP contribution in [0.4, 0.5) is 21.0 Å². The van der Waals surface area contributed by atoms with Crippen molar-refractivity contribution in [1.82, 2.24) is 0 Å². The average Bonchev–Trinajstić information content (AvgIpc) is 2.96. The first kappa shape index (κ1) is 23.3. The Morgan fingerprint density at radius 1 is 0.906 bits per heavy atom. The van der Waals surface area contributed by atoms with Gasteiger partial charge in [0.05, 0.1) is 5.92 Å². The van der Waals surface area contributed by atoms with E-state index >= 15 is 0 Å². The third kappa shape index (κ3) is 5.10. The molecule has 2 aromatic carbocycles. The monoisotopic (exact) mass is 438 g/mol. The van der Waals surface area contributed by atoms with Crippen LogP contribution in [0.1, 0.15) is 58.6 Å². The third-order valence-electron chi connectivity index (χ3n) is 4.88. The summed E-state index contributed by atoms with van der Waals surface area (Å²) in [5.74, 6) is -0.507.